The molecule has 0 saturated heterocycles. The molecule has 8 nitrogen and oxygen atoms in total. The minimum absolute atomic E-state index is 0.144. The molecule has 10 heteroatoms. The van der Waals surface area contributed by atoms with Crippen LogP contribution in [0.1, 0.15) is 43.8 Å². The molecule has 2 aliphatic rings. The zero-order valence-electron chi connectivity index (χ0n) is 15.3. The summed E-state index contributed by atoms with van der Waals surface area (Å²) in [6, 6.07) is 3.32. The van der Waals surface area contributed by atoms with Crippen LogP contribution in [0.2, 0.25) is 5.02 Å². The molecule has 2 heterocycles. The number of nitrogen functional groups attached to an aromatic ring is 1. The third-order valence-corrected chi connectivity index (χ3v) is 6.16. The summed E-state index contributed by atoms with van der Waals surface area (Å²) in [5, 5.41) is 12.1. The zero-order valence-corrected chi connectivity index (χ0v) is 16.9. The first-order valence-electron chi connectivity index (χ1n) is 9.34. The number of aromatic nitrogens is 3. The predicted octanol–water partition coefficient (Wildman–Crippen LogP) is 3.20. The topological polar surface area (TPSA) is 104 Å². The summed E-state index contributed by atoms with van der Waals surface area (Å²) in [5.74, 6) is 8.39. The summed E-state index contributed by atoms with van der Waals surface area (Å²) in [7, 11) is 0. The largest absolute Gasteiger partial charge is 0.486 e. The van der Waals surface area contributed by atoms with Gasteiger partial charge < -0.3 is 20.6 Å². The van der Waals surface area contributed by atoms with Crippen molar-refractivity contribution in [1.82, 2.24) is 14.9 Å². The lowest BCUT2D eigenvalue weighted by molar-refractivity contribution is -0.113. The van der Waals surface area contributed by atoms with E-state index in [0.29, 0.717) is 46.5 Å². The average molecular weight is 424 g/mol. The maximum absolute atomic E-state index is 12.4. The molecule has 2 aromatic rings. The lowest BCUT2D eigenvalue weighted by Gasteiger charge is -2.20. The molecule has 4 rings (SSSR count). The van der Waals surface area contributed by atoms with E-state index >= 15 is 0 Å². The van der Waals surface area contributed by atoms with Gasteiger partial charge in [0.2, 0.25) is 11.1 Å². The minimum atomic E-state index is -0.217. The van der Waals surface area contributed by atoms with E-state index in [2.05, 4.69) is 15.5 Å². The first-order chi connectivity index (χ1) is 13.6. The molecule has 1 saturated carbocycles. The number of ether oxygens (including phenoxy) is 2. The van der Waals surface area contributed by atoms with Gasteiger partial charge in [0.25, 0.3) is 0 Å². The van der Waals surface area contributed by atoms with E-state index in [1.54, 1.807) is 12.1 Å². The van der Waals surface area contributed by atoms with Gasteiger partial charge >= 0.3 is 0 Å². The van der Waals surface area contributed by atoms with Gasteiger partial charge in [-0.05, 0) is 12.8 Å². The molecule has 3 N–H and O–H groups in total. The van der Waals surface area contributed by atoms with E-state index in [1.165, 1.54) is 35.7 Å². The van der Waals surface area contributed by atoms with Crippen molar-refractivity contribution in [3.8, 4) is 11.5 Å². The van der Waals surface area contributed by atoms with E-state index in [-0.39, 0.29) is 11.7 Å². The number of anilines is 1. The number of halogens is 1. The second-order valence-electron chi connectivity index (χ2n) is 6.86. The first-order valence-corrected chi connectivity index (χ1v) is 10.7. The molecule has 1 aliphatic heterocycles. The molecule has 28 heavy (non-hydrogen) atoms. The lowest BCUT2D eigenvalue weighted by atomic mass is 9.89. The molecule has 0 radical (unpaired) electrons. The fourth-order valence-corrected chi connectivity index (χ4v) is 4.37. The fraction of sp³-hybridized carbons (Fsp3) is 0.500. The molecule has 1 aliphatic carbocycles. The quantitative estimate of drug-likeness (QED) is 0.562. The van der Waals surface area contributed by atoms with E-state index < -0.39 is 0 Å². The van der Waals surface area contributed by atoms with Crippen LogP contribution in [0.15, 0.2) is 17.3 Å². The predicted molar refractivity (Wildman–Crippen MR) is 108 cm³/mol. The number of amides is 1. The van der Waals surface area contributed by atoms with Crippen molar-refractivity contribution in [2.24, 2.45) is 0 Å². The number of hydrogen-bond donors (Lipinski definition) is 2. The number of benzene rings is 1. The van der Waals surface area contributed by atoms with Gasteiger partial charge in [-0.15, -0.1) is 10.2 Å². The Balaban J connectivity index is 1.37. The average Bonchev–Trinajstić information content (AvgIpc) is 3.08. The highest BCUT2D eigenvalue weighted by Crippen LogP contribution is 2.38. The second kappa shape index (κ2) is 8.48. The van der Waals surface area contributed by atoms with Crippen molar-refractivity contribution >= 4 is 35.0 Å². The normalized spacial score (nSPS) is 16.8. The van der Waals surface area contributed by atoms with Gasteiger partial charge in [-0.1, -0.05) is 42.6 Å². The van der Waals surface area contributed by atoms with E-state index in [1.807, 2.05) is 0 Å². The fourth-order valence-electron chi connectivity index (χ4n) is 3.50. The Hall–Kier alpha value is -2.13. The number of carbonyl (C=O) groups excluding carboxylic acids is 1. The van der Waals surface area contributed by atoms with Gasteiger partial charge in [0.15, 0.2) is 17.3 Å². The molecule has 0 bridgehead atoms. The Bertz CT molecular complexity index is 869. The Morgan fingerprint density at radius 1 is 1.21 bits per heavy atom. The van der Waals surface area contributed by atoms with Gasteiger partial charge in [-0.3, -0.25) is 4.79 Å². The summed E-state index contributed by atoms with van der Waals surface area (Å²) >= 11 is 7.48. The highest BCUT2D eigenvalue weighted by molar-refractivity contribution is 7.99. The Labute approximate surface area is 172 Å². The van der Waals surface area contributed by atoms with Crippen molar-refractivity contribution in [3.63, 3.8) is 0 Å². The highest BCUT2D eigenvalue weighted by Gasteiger charge is 2.23. The number of carbonyl (C=O) groups is 1. The number of hydrogen-bond acceptors (Lipinski definition) is 7. The van der Waals surface area contributed by atoms with Crippen molar-refractivity contribution in [3.05, 3.63) is 23.0 Å². The van der Waals surface area contributed by atoms with E-state index in [9.17, 15) is 4.79 Å². The maximum Gasteiger partial charge on any atom is 0.234 e. The summed E-state index contributed by atoms with van der Waals surface area (Å²) in [4.78, 5) is 12.4. The van der Waals surface area contributed by atoms with Crippen LogP contribution < -0.4 is 20.6 Å². The van der Waals surface area contributed by atoms with E-state index in [0.717, 1.165) is 18.7 Å². The van der Waals surface area contributed by atoms with Crippen LogP contribution in [0.25, 0.3) is 0 Å². The number of nitrogens with two attached hydrogens (primary N) is 1. The van der Waals surface area contributed by atoms with Crippen molar-refractivity contribution < 1.29 is 14.3 Å². The molecule has 150 valence electrons. The Kier molecular flexibility index (Phi) is 5.82. The third kappa shape index (κ3) is 4.15. The van der Waals surface area contributed by atoms with Crippen LogP contribution in [0.4, 0.5) is 5.69 Å². The number of nitrogens with one attached hydrogen (secondary N) is 1. The first kappa shape index (κ1) is 19.2. The van der Waals surface area contributed by atoms with Crippen LogP contribution in [0.3, 0.4) is 0 Å². The molecule has 0 unspecified atom stereocenters. The van der Waals surface area contributed by atoms with Gasteiger partial charge in [-0.25, -0.2) is 4.68 Å². The number of rotatable bonds is 5. The Morgan fingerprint density at radius 2 is 1.93 bits per heavy atom. The molecule has 1 aromatic heterocycles. The van der Waals surface area contributed by atoms with Crippen LogP contribution >= 0.6 is 23.4 Å². The minimum Gasteiger partial charge on any atom is -0.486 e. The van der Waals surface area contributed by atoms with Crippen LogP contribution in [0, 0.1) is 0 Å². The summed E-state index contributed by atoms with van der Waals surface area (Å²) in [6.45, 7) is 0.946. The van der Waals surface area contributed by atoms with E-state index in [4.69, 9.17) is 26.9 Å². The molecule has 1 amide bonds. The Morgan fingerprint density at radius 3 is 2.68 bits per heavy atom. The summed E-state index contributed by atoms with van der Waals surface area (Å²) < 4.78 is 12.5. The summed E-state index contributed by atoms with van der Waals surface area (Å²) in [5.41, 5.74) is 0.480. The number of thioether (sulfide) groups is 1. The van der Waals surface area contributed by atoms with Gasteiger partial charge in [0.1, 0.15) is 13.2 Å². The zero-order chi connectivity index (χ0) is 19.5. The van der Waals surface area contributed by atoms with Crippen LogP contribution in [-0.4, -0.2) is 39.7 Å². The van der Waals surface area contributed by atoms with Gasteiger partial charge in [-0.2, -0.15) is 0 Å². The molecular formula is C18H22ClN5O3S. The van der Waals surface area contributed by atoms with Crippen molar-refractivity contribution in [2.45, 2.75) is 43.2 Å². The maximum atomic E-state index is 12.4. The van der Waals surface area contributed by atoms with Gasteiger partial charge in [0, 0.05) is 18.1 Å². The molecule has 0 spiro atoms. The molecule has 0 atom stereocenters. The third-order valence-electron chi connectivity index (χ3n) is 4.90. The van der Waals surface area contributed by atoms with Gasteiger partial charge in [0.05, 0.1) is 16.5 Å². The molecule has 1 aromatic carbocycles. The standard InChI is InChI=1S/C18H22ClN5O3S/c19-12-8-14-15(27-7-6-26-14)9-13(12)21-16(25)10-28-18-23-22-17(24(18)20)11-4-2-1-3-5-11/h8-9,11H,1-7,10,20H2,(H,21,25). The highest BCUT2D eigenvalue weighted by atomic mass is 35.5. The molecular weight excluding hydrogens is 402 g/mol. The molecule has 1 fully saturated rings. The monoisotopic (exact) mass is 423 g/mol. The van der Waals surface area contributed by atoms with Crippen LogP contribution in [-0.2, 0) is 4.79 Å². The summed E-state index contributed by atoms with van der Waals surface area (Å²) in [6.07, 6.45) is 5.82. The second-order valence-corrected chi connectivity index (χ2v) is 8.21. The SMILES string of the molecule is Nn1c(SCC(=O)Nc2cc3c(cc2Cl)OCCO3)nnc1C1CCCCC1. The lowest BCUT2D eigenvalue weighted by Crippen LogP contribution is -2.20. The van der Waals surface area contributed by atoms with Crippen molar-refractivity contribution in [2.75, 3.05) is 30.1 Å². The number of nitrogens with zero attached hydrogens (tertiary/aromatic N) is 3. The smallest absolute Gasteiger partial charge is 0.234 e. The van der Waals surface area contributed by atoms with Crippen LogP contribution in [0.5, 0.6) is 11.5 Å². The van der Waals surface area contributed by atoms with Crippen molar-refractivity contribution in [1.29, 1.82) is 0 Å². The number of fused-ring (bicyclic) bond motifs is 1.